The second-order valence-electron chi connectivity index (χ2n) is 4.18. The summed E-state index contributed by atoms with van der Waals surface area (Å²) in [6, 6.07) is 8.59. The van der Waals surface area contributed by atoms with Gasteiger partial charge in [0.15, 0.2) is 0 Å². The third-order valence-electron chi connectivity index (χ3n) is 3.21. The van der Waals surface area contributed by atoms with Gasteiger partial charge in [0.1, 0.15) is 0 Å². The molecule has 0 spiro atoms. The SMILES string of the molecule is OCC1CCCCCc2ccccc21. The van der Waals surface area contributed by atoms with E-state index in [-0.39, 0.29) is 0 Å². The Morgan fingerprint density at radius 1 is 1.14 bits per heavy atom. The van der Waals surface area contributed by atoms with Gasteiger partial charge in [-0.3, -0.25) is 0 Å². The van der Waals surface area contributed by atoms with Crippen LogP contribution in [0.15, 0.2) is 24.3 Å². The molecule has 1 unspecified atom stereocenters. The van der Waals surface area contributed by atoms with Crippen LogP contribution in [-0.4, -0.2) is 11.7 Å². The van der Waals surface area contributed by atoms with Gasteiger partial charge in [0, 0.05) is 12.5 Å². The first-order chi connectivity index (χ1) is 6.92. The van der Waals surface area contributed by atoms with Gasteiger partial charge in [-0.15, -0.1) is 0 Å². The summed E-state index contributed by atoms with van der Waals surface area (Å²) < 4.78 is 0. The van der Waals surface area contributed by atoms with E-state index >= 15 is 0 Å². The second kappa shape index (κ2) is 4.61. The highest BCUT2D eigenvalue weighted by atomic mass is 16.3. The van der Waals surface area contributed by atoms with E-state index in [1.807, 2.05) is 0 Å². The highest BCUT2D eigenvalue weighted by molar-refractivity contribution is 5.31. The number of hydrogen-bond acceptors (Lipinski definition) is 1. The summed E-state index contributed by atoms with van der Waals surface area (Å²) in [5.41, 5.74) is 2.83. The van der Waals surface area contributed by atoms with E-state index in [0.717, 1.165) is 6.42 Å². The van der Waals surface area contributed by atoms with E-state index in [9.17, 15) is 5.11 Å². The summed E-state index contributed by atoms with van der Waals surface area (Å²) in [6.45, 7) is 0.303. The lowest BCUT2D eigenvalue weighted by Crippen LogP contribution is -2.09. The molecule has 1 nitrogen and oxygen atoms in total. The third-order valence-corrected chi connectivity index (χ3v) is 3.21. The first-order valence-electron chi connectivity index (χ1n) is 5.60. The maximum Gasteiger partial charge on any atom is 0.0499 e. The molecule has 0 saturated carbocycles. The lowest BCUT2D eigenvalue weighted by molar-refractivity contribution is 0.254. The molecule has 1 N–H and O–H groups in total. The maximum atomic E-state index is 9.35. The summed E-state index contributed by atoms with van der Waals surface area (Å²) in [6.07, 6.45) is 6.21. The number of aryl methyl sites for hydroxylation is 1. The van der Waals surface area contributed by atoms with Crippen molar-refractivity contribution < 1.29 is 5.11 Å². The molecule has 76 valence electrons. The van der Waals surface area contributed by atoms with Crippen LogP contribution in [0.3, 0.4) is 0 Å². The van der Waals surface area contributed by atoms with Crippen LogP contribution in [0, 0.1) is 0 Å². The molecule has 0 aliphatic heterocycles. The molecule has 0 radical (unpaired) electrons. The number of fused-ring (bicyclic) bond motifs is 1. The van der Waals surface area contributed by atoms with Crippen molar-refractivity contribution in [3.8, 4) is 0 Å². The molecule has 0 bridgehead atoms. The lowest BCUT2D eigenvalue weighted by Gasteiger charge is -2.21. The largest absolute Gasteiger partial charge is 0.396 e. The number of hydrogen-bond donors (Lipinski definition) is 1. The summed E-state index contributed by atoms with van der Waals surface area (Å²) in [5.74, 6) is 0.381. The second-order valence-corrected chi connectivity index (χ2v) is 4.18. The van der Waals surface area contributed by atoms with E-state index in [2.05, 4.69) is 24.3 Å². The standard InChI is InChI=1S/C13H18O/c14-10-12-8-3-1-2-6-11-7-4-5-9-13(11)12/h4-5,7,9,12,14H,1-3,6,8,10H2. The molecule has 1 aromatic rings. The number of benzene rings is 1. The van der Waals surface area contributed by atoms with Crippen molar-refractivity contribution in [1.29, 1.82) is 0 Å². The molecule has 1 atom stereocenters. The van der Waals surface area contributed by atoms with Crippen molar-refractivity contribution in [1.82, 2.24) is 0 Å². The molecule has 1 heteroatoms. The predicted molar refractivity (Wildman–Crippen MR) is 58.4 cm³/mol. The Bertz CT molecular complexity index is 293. The van der Waals surface area contributed by atoms with Crippen LogP contribution in [0.5, 0.6) is 0 Å². The van der Waals surface area contributed by atoms with Gasteiger partial charge in [0.05, 0.1) is 0 Å². The first kappa shape index (κ1) is 9.72. The van der Waals surface area contributed by atoms with Gasteiger partial charge in [0.2, 0.25) is 0 Å². The van der Waals surface area contributed by atoms with Crippen LogP contribution in [-0.2, 0) is 6.42 Å². The van der Waals surface area contributed by atoms with Crippen molar-refractivity contribution >= 4 is 0 Å². The fourth-order valence-electron chi connectivity index (χ4n) is 2.39. The van der Waals surface area contributed by atoms with Crippen LogP contribution < -0.4 is 0 Å². The number of aliphatic hydroxyl groups excluding tert-OH is 1. The van der Waals surface area contributed by atoms with Crippen molar-refractivity contribution in [2.45, 2.75) is 38.0 Å². The van der Waals surface area contributed by atoms with Gasteiger partial charge < -0.3 is 5.11 Å². The molecule has 0 heterocycles. The van der Waals surface area contributed by atoms with E-state index < -0.39 is 0 Å². The Morgan fingerprint density at radius 3 is 2.86 bits per heavy atom. The molecule has 14 heavy (non-hydrogen) atoms. The number of rotatable bonds is 1. The highest BCUT2D eigenvalue weighted by Crippen LogP contribution is 2.28. The molecule has 1 aliphatic rings. The average Bonchev–Trinajstić information content (AvgIpc) is 2.20. The van der Waals surface area contributed by atoms with Gasteiger partial charge in [-0.05, 0) is 30.4 Å². The molecule has 2 rings (SSSR count). The predicted octanol–water partition coefficient (Wildman–Crippen LogP) is 2.88. The van der Waals surface area contributed by atoms with Crippen molar-refractivity contribution in [2.24, 2.45) is 0 Å². The van der Waals surface area contributed by atoms with Gasteiger partial charge in [0.25, 0.3) is 0 Å². The van der Waals surface area contributed by atoms with Gasteiger partial charge >= 0.3 is 0 Å². The third kappa shape index (κ3) is 1.98. The molecule has 0 amide bonds. The normalized spacial score (nSPS) is 22.2. The van der Waals surface area contributed by atoms with Gasteiger partial charge in [-0.25, -0.2) is 0 Å². The smallest absolute Gasteiger partial charge is 0.0499 e. The van der Waals surface area contributed by atoms with E-state index in [0.29, 0.717) is 12.5 Å². The Morgan fingerprint density at radius 2 is 2.00 bits per heavy atom. The van der Waals surface area contributed by atoms with Crippen LogP contribution in [0.2, 0.25) is 0 Å². The summed E-state index contributed by atoms with van der Waals surface area (Å²) in [7, 11) is 0. The van der Waals surface area contributed by atoms with Crippen molar-refractivity contribution in [3.05, 3.63) is 35.4 Å². The maximum absolute atomic E-state index is 9.35. The molecule has 1 aliphatic carbocycles. The molecule has 0 fully saturated rings. The monoisotopic (exact) mass is 190 g/mol. The quantitative estimate of drug-likeness (QED) is 0.722. The van der Waals surface area contributed by atoms with Crippen molar-refractivity contribution in [3.63, 3.8) is 0 Å². The topological polar surface area (TPSA) is 20.2 Å². The Kier molecular flexibility index (Phi) is 3.20. The van der Waals surface area contributed by atoms with Crippen LogP contribution in [0.25, 0.3) is 0 Å². The Balaban J connectivity index is 2.31. The minimum Gasteiger partial charge on any atom is -0.396 e. The molecular weight excluding hydrogens is 172 g/mol. The highest BCUT2D eigenvalue weighted by Gasteiger charge is 2.15. The fraction of sp³-hybridized carbons (Fsp3) is 0.538. The zero-order chi connectivity index (χ0) is 9.80. The van der Waals surface area contributed by atoms with Crippen LogP contribution in [0.4, 0.5) is 0 Å². The van der Waals surface area contributed by atoms with Gasteiger partial charge in [-0.2, -0.15) is 0 Å². The van der Waals surface area contributed by atoms with Crippen molar-refractivity contribution in [2.75, 3.05) is 6.61 Å². The number of aliphatic hydroxyl groups is 1. The van der Waals surface area contributed by atoms with E-state index in [4.69, 9.17) is 0 Å². The zero-order valence-corrected chi connectivity index (χ0v) is 8.58. The Hall–Kier alpha value is -0.820. The fourth-order valence-corrected chi connectivity index (χ4v) is 2.39. The minimum atomic E-state index is 0.303. The van der Waals surface area contributed by atoms with Gasteiger partial charge in [-0.1, -0.05) is 37.1 Å². The van der Waals surface area contributed by atoms with E-state index in [1.54, 1.807) is 0 Å². The van der Waals surface area contributed by atoms with Crippen LogP contribution in [0.1, 0.15) is 42.7 Å². The lowest BCUT2D eigenvalue weighted by atomic mass is 9.86. The zero-order valence-electron chi connectivity index (χ0n) is 8.58. The van der Waals surface area contributed by atoms with Crippen LogP contribution >= 0.6 is 0 Å². The summed E-state index contributed by atoms with van der Waals surface area (Å²) >= 11 is 0. The molecule has 1 aromatic carbocycles. The first-order valence-corrected chi connectivity index (χ1v) is 5.60. The molecule has 0 saturated heterocycles. The average molecular weight is 190 g/mol. The molecule has 0 aromatic heterocycles. The van der Waals surface area contributed by atoms with E-state index in [1.165, 1.54) is 36.8 Å². The minimum absolute atomic E-state index is 0.303. The summed E-state index contributed by atoms with van der Waals surface area (Å²) in [5, 5.41) is 9.35. The Labute approximate surface area is 85.8 Å². The summed E-state index contributed by atoms with van der Waals surface area (Å²) in [4.78, 5) is 0. The molecular formula is C13H18O.